The maximum atomic E-state index is 11.7. The number of nitrogens with two attached hydrogens (primary N) is 1. The van der Waals surface area contributed by atoms with Crippen LogP contribution in [0.4, 0.5) is 5.69 Å². The molecule has 102 valence electrons. The molecule has 1 amide bonds. The largest absolute Gasteiger partial charge is 1.00 e. The molecule has 3 N–H and O–H groups in total. The summed E-state index contributed by atoms with van der Waals surface area (Å²) in [6, 6.07) is 5.52. The molecule has 1 aromatic rings. The number of halogens is 2. The minimum Gasteiger partial charge on any atom is -1.00 e. The first-order valence-electron chi connectivity index (χ1n) is 5.87. The van der Waals surface area contributed by atoms with E-state index < -0.39 is 0 Å². The normalized spacial score (nSPS) is 10.1. The fourth-order valence-corrected chi connectivity index (χ4v) is 1.67. The van der Waals surface area contributed by atoms with Crippen molar-refractivity contribution in [3.8, 4) is 0 Å². The zero-order valence-corrected chi connectivity index (χ0v) is 12.5. The highest BCUT2D eigenvalue weighted by Crippen LogP contribution is 2.22. The smallest absolute Gasteiger partial charge is 0.279 e. The van der Waals surface area contributed by atoms with Gasteiger partial charge in [-0.1, -0.05) is 31.5 Å². The Hall–Kier alpha value is -0.770. The fraction of sp³-hybridized carbons (Fsp3) is 0.462. The monoisotopic (exact) mass is 290 g/mol. The first kappa shape index (κ1) is 17.2. The van der Waals surface area contributed by atoms with Gasteiger partial charge in [-0.15, -0.1) is 0 Å². The van der Waals surface area contributed by atoms with Crippen LogP contribution in [0.1, 0.15) is 19.4 Å². The van der Waals surface area contributed by atoms with E-state index in [2.05, 4.69) is 19.2 Å². The molecule has 1 rings (SSSR count). The summed E-state index contributed by atoms with van der Waals surface area (Å²) in [5.74, 6) is 0.603. The van der Waals surface area contributed by atoms with E-state index in [0.29, 0.717) is 17.5 Å². The Bertz CT molecular complexity index is 395. The first-order chi connectivity index (χ1) is 8.00. The number of rotatable bonds is 5. The van der Waals surface area contributed by atoms with Crippen molar-refractivity contribution < 1.29 is 22.5 Å². The Morgan fingerprint density at radius 3 is 2.72 bits per heavy atom. The van der Waals surface area contributed by atoms with Crippen molar-refractivity contribution in [1.82, 2.24) is 0 Å². The highest BCUT2D eigenvalue weighted by Gasteiger charge is 2.08. The molecule has 0 spiro atoms. The van der Waals surface area contributed by atoms with E-state index in [0.717, 1.165) is 17.8 Å². The molecule has 0 saturated carbocycles. The van der Waals surface area contributed by atoms with Gasteiger partial charge < -0.3 is 23.0 Å². The number of amides is 1. The van der Waals surface area contributed by atoms with E-state index in [1.807, 2.05) is 30.4 Å². The number of benzene rings is 1. The Morgan fingerprint density at radius 1 is 1.44 bits per heavy atom. The van der Waals surface area contributed by atoms with Crippen molar-refractivity contribution in [2.45, 2.75) is 20.8 Å². The molecule has 0 saturated heterocycles. The molecule has 0 aliphatic rings. The first-order valence-corrected chi connectivity index (χ1v) is 6.25. The van der Waals surface area contributed by atoms with Crippen LogP contribution in [0.25, 0.3) is 0 Å². The summed E-state index contributed by atoms with van der Waals surface area (Å²) >= 11 is 5.98. The highest BCUT2D eigenvalue weighted by atomic mass is 35.5. The van der Waals surface area contributed by atoms with Gasteiger partial charge in [-0.25, -0.2) is 0 Å². The Morgan fingerprint density at radius 2 is 2.11 bits per heavy atom. The van der Waals surface area contributed by atoms with Gasteiger partial charge in [-0.2, -0.15) is 0 Å². The number of hydrogen-bond donors (Lipinski definition) is 2. The van der Waals surface area contributed by atoms with Crippen LogP contribution in [-0.4, -0.2) is 19.0 Å². The summed E-state index contributed by atoms with van der Waals surface area (Å²) in [5, 5.41) is 5.56. The summed E-state index contributed by atoms with van der Waals surface area (Å²) in [6.07, 6.45) is 0. The lowest BCUT2D eigenvalue weighted by atomic mass is 10.2. The minimum absolute atomic E-state index is 0. The third kappa shape index (κ3) is 5.71. The van der Waals surface area contributed by atoms with Gasteiger partial charge in [0.05, 0.1) is 6.54 Å². The molecule has 18 heavy (non-hydrogen) atoms. The molecule has 0 aliphatic carbocycles. The van der Waals surface area contributed by atoms with E-state index >= 15 is 0 Å². The van der Waals surface area contributed by atoms with Gasteiger partial charge in [0.15, 0.2) is 6.54 Å². The summed E-state index contributed by atoms with van der Waals surface area (Å²) in [5.41, 5.74) is 1.70. The number of carbonyl (C=O) groups is 1. The molecule has 5 heteroatoms. The average Bonchev–Trinajstić information content (AvgIpc) is 2.24. The average molecular weight is 291 g/mol. The lowest BCUT2D eigenvalue weighted by Crippen LogP contribution is -3.00. The van der Waals surface area contributed by atoms with Crippen LogP contribution in [0.15, 0.2) is 18.2 Å². The summed E-state index contributed by atoms with van der Waals surface area (Å²) in [7, 11) is 0. The van der Waals surface area contributed by atoms with Gasteiger partial charge in [0.2, 0.25) is 0 Å². The molecular formula is C13H20Cl2N2O. The molecule has 0 atom stereocenters. The molecule has 3 nitrogen and oxygen atoms in total. The molecule has 0 heterocycles. The Balaban J connectivity index is 0.00000289. The summed E-state index contributed by atoms with van der Waals surface area (Å²) < 4.78 is 0. The predicted octanol–water partition coefficient (Wildman–Crippen LogP) is -1.19. The van der Waals surface area contributed by atoms with Crippen LogP contribution in [0.5, 0.6) is 0 Å². The van der Waals surface area contributed by atoms with E-state index in [-0.39, 0.29) is 18.3 Å². The van der Waals surface area contributed by atoms with E-state index in [4.69, 9.17) is 11.6 Å². The molecule has 0 radical (unpaired) electrons. The van der Waals surface area contributed by atoms with Crippen LogP contribution in [0.2, 0.25) is 5.02 Å². The molecule has 0 aliphatic heterocycles. The lowest BCUT2D eigenvalue weighted by molar-refractivity contribution is -0.648. The quantitative estimate of drug-likeness (QED) is 0.704. The standard InChI is InChI=1S/C13H19ClN2O.ClH/c1-9(2)7-15-8-13(17)16-12-6-4-5-11(14)10(12)3;/h4-6,9,15H,7-8H2,1-3H3,(H,16,17);1H. The minimum atomic E-state index is 0. The van der Waals surface area contributed by atoms with Crippen molar-refractivity contribution >= 4 is 23.2 Å². The second-order valence-electron chi connectivity index (χ2n) is 4.58. The van der Waals surface area contributed by atoms with Gasteiger partial charge in [-0.05, 0) is 24.6 Å². The van der Waals surface area contributed by atoms with Gasteiger partial charge in [-0.3, -0.25) is 4.79 Å². The predicted molar refractivity (Wildman–Crippen MR) is 71.3 cm³/mol. The highest BCUT2D eigenvalue weighted by molar-refractivity contribution is 6.31. The van der Waals surface area contributed by atoms with Crippen molar-refractivity contribution in [3.05, 3.63) is 28.8 Å². The zero-order valence-electron chi connectivity index (χ0n) is 11.0. The van der Waals surface area contributed by atoms with Crippen molar-refractivity contribution in [2.75, 3.05) is 18.4 Å². The van der Waals surface area contributed by atoms with Gasteiger partial charge >= 0.3 is 0 Å². The second-order valence-corrected chi connectivity index (χ2v) is 4.99. The van der Waals surface area contributed by atoms with Crippen LogP contribution in [0, 0.1) is 12.8 Å². The lowest BCUT2D eigenvalue weighted by Gasteiger charge is -2.09. The van der Waals surface area contributed by atoms with Gasteiger partial charge in [0.1, 0.15) is 0 Å². The SMILES string of the molecule is Cc1c(Cl)cccc1NC(=O)C[NH2+]CC(C)C.[Cl-]. The van der Waals surface area contributed by atoms with Gasteiger partial charge in [0.25, 0.3) is 5.91 Å². The number of anilines is 1. The van der Waals surface area contributed by atoms with Crippen molar-refractivity contribution in [3.63, 3.8) is 0 Å². The third-order valence-electron chi connectivity index (χ3n) is 2.51. The number of hydrogen-bond acceptors (Lipinski definition) is 1. The fourth-order valence-electron chi connectivity index (χ4n) is 1.49. The second kappa shape index (κ2) is 8.35. The summed E-state index contributed by atoms with van der Waals surface area (Å²) in [4.78, 5) is 11.7. The Kier molecular flexibility index (Phi) is 8.00. The third-order valence-corrected chi connectivity index (χ3v) is 2.92. The number of quaternary nitrogens is 1. The Labute approximate surface area is 120 Å². The van der Waals surface area contributed by atoms with Gasteiger partial charge in [0, 0.05) is 16.6 Å². The van der Waals surface area contributed by atoms with Crippen LogP contribution < -0.4 is 23.0 Å². The van der Waals surface area contributed by atoms with E-state index in [9.17, 15) is 4.79 Å². The maximum absolute atomic E-state index is 11.7. The number of carbonyl (C=O) groups excluding carboxylic acids is 1. The number of nitrogens with one attached hydrogen (secondary N) is 1. The summed E-state index contributed by atoms with van der Waals surface area (Å²) in [6.45, 7) is 7.58. The van der Waals surface area contributed by atoms with E-state index in [1.54, 1.807) is 0 Å². The molecule has 0 aromatic heterocycles. The van der Waals surface area contributed by atoms with Crippen molar-refractivity contribution in [2.24, 2.45) is 5.92 Å². The van der Waals surface area contributed by atoms with Crippen LogP contribution in [-0.2, 0) is 4.79 Å². The van der Waals surface area contributed by atoms with Crippen LogP contribution >= 0.6 is 11.6 Å². The molecular weight excluding hydrogens is 271 g/mol. The topological polar surface area (TPSA) is 45.7 Å². The molecule has 0 bridgehead atoms. The maximum Gasteiger partial charge on any atom is 0.279 e. The molecule has 1 aromatic carbocycles. The molecule has 0 fully saturated rings. The van der Waals surface area contributed by atoms with Crippen molar-refractivity contribution in [1.29, 1.82) is 0 Å². The zero-order chi connectivity index (χ0) is 12.8. The van der Waals surface area contributed by atoms with Crippen LogP contribution in [0.3, 0.4) is 0 Å². The molecule has 0 unspecified atom stereocenters. The van der Waals surface area contributed by atoms with E-state index in [1.165, 1.54) is 0 Å².